The van der Waals surface area contributed by atoms with Crippen LogP contribution in [0.3, 0.4) is 0 Å². The van der Waals surface area contributed by atoms with Crippen LogP contribution in [-0.4, -0.2) is 16.1 Å². The summed E-state index contributed by atoms with van der Waals surface area (Å²) in [4.78, 5) is 14.5. The van der Waals surface area contributed by atoms with Crippen molar-refractivity contribution in [1.82, 2.24) is 4.98 Å². The molecule has 0 aliphatic rings. The molecule has 1 N–H and O–H groups in total. The first kappa shape index (κ1) is 8.69. The number of nitrogens with zero attached hydrogens (tertiary/aromatic N) is 1. The van der Waals surface area contributed by atoms with Crippen molar-refractivity contribution in [3.63, 3.8) is 0 Å². The molecule has 1 heterocycles. The van der Waals surface area contributed by atoms with Crippen molar-refractivity contribution in [2.24, 2.45) is 0 Å². The molecule has 14 heavy (non-hydrogen) atoms. The van der Waals surface area contributed by atoms with E-state index in [1.165, 1.54) is 0 Å². The van der Waals surface area contributed by atoms with Crippen molar-refractivity contribution in [3.05, 3.63) is 41.7 Å². The smallest absolute Gasteiger partial charge is 0.354 e. The van der Waals surface area contributed by atoms with Gasteiger partial charge in [-0.1, -0.05) is 18.2 Å². The Morgan fingerprint density at radius 2 is 2.21 bits per heavy atom. The Morgan fingerprint density at radius 1 is 1.43 bits per heavy atom. The van der Waals surface area contributed by atoms with Gasteiger partial charge in [0, 0.05) is 11.6 Å². The molecular weight excluding hydrogens is 178 g/mol. The first-order valence-electron chi connectivity index (χ1n) is 4.27. The number of benzene rings is 1. The molecule has 1 aromatic carbocycles. The molecule has 3 nitrogen and oxygen atoms in total. The number of carboxylic acid groups (broad SMARTS) is 1. The fourth-order valence-electron chi connectivity index (χ4n) is 1.44. The summed E-state index contributed by atoms with van der Waals surface area (Å²) in [6, 6.07) is 7.40. The second kappa shape index (κ2) is 3.10. The lowest BCUT2D eigenvalue weighted by molar-refractivity contribution is 0.0691. The summed E-state index contributed by atoms with van der Waals surface area (Å²) in [6.45, 7) is 1.95. The van der Waals surface area contributed by atoms with E-state index in [1.54, 1.807) is 12.3 Å². The van der Waals surface area contributed by atoms with Crippen molar-refractivity contribution in [2.45, 2.75) is 6.92 Å². The van der Waals surface area contributed by atoms with Crippen LogP contribution in [0.5, 0.6) is 0 Å². The predicted molar refractivity (Wildman–Crippen MR) is 53.4 cm³/mol. The summed E-state index contributed by atoms with van der Waals surface area (Å²) in [5, 5.41) is 10.7. The average molecular weight is 187 g/mol. The largest absolute Gasteiger partial charge is 0.477 e. The number of hydrogen-bond acceptors (Lipinski definition) is 2. The minimum Gasteiger partial charge on any atom is -0.477 e. The highest BCUT2D eigenvalue weighted by atomic mass is 16.4. The van der Waals surface area contributed by atoms with Crippen molar-refractivity contribution in [2.75, 3.05) is 0 Å². The van der Waals surface area contributed by atoms with Crippen molar-refractivity contribution < 1.29 is 9.90 Å². The summed E-state index contributed by atoms with van der Waals surface area (Å²) in [6.07, 6.45) is 1.59. The number of carboxylic acids is 1. The van der Waals surface area contributed by atoms with Gasteiger partial charge in [-0.15, -0.1) is 0 Å². The molecule has 0 saturated heterocycles. The number of aromatic nitrogens is 1. The Hall–Kier alpha value is -1.90. The first-order chi connectivity index (χ1) is 6.68. The lowest BCUT2D eigenvalue weighted by Crippen LogP contribution is -1.99. The van der Waals surface area contributed by atoms with Crippen molar-refractivity contribution in [3.8, 4) is 0 Å². The molecule has 0 amide bonds. The van der Waals surface area contributed by atoms with Crippen LogP contribution >= 0.6 is 0 Å². The lowest BCUT2D eigenvalue weighted by Gasteiger charge is -2.01. The summed E-state index contributed by atoms with van der Waals surface area (Å²) in [7, 11) is 0. The normalized spacial score (nSPS) is 10.4. The number of rotatable bonds is 1. The quantitative estimate of drug-likeness (QED) is 0.744. The van der Waals surface area contributed by atoms with Crippen LogP contribution in [0.25, 0.3) is 10.8 Å². The molecule has 0 aliphatic carbocycles. The summed E-state index contributed by atoms with van der Waals surface area (Å²) >= 11 is 0. The number of fused-ring (bicyclic) bond motifs is 1. The van der Waals surface area contributed by atoms with E-state index >= 15 is 0 Å². The van der Waals surface area contributed by atoms with Crippen LogP contribution in [0, 0.1) is 6.92 Å². The number of hydrogen-bond donors (Lipinski definition) is 1. The zero-order chi connectivity index (χ0) is 10.1. The fraction of sp³-hybridized carbons (Fsp3) is 0.0909. The highest BCUT2D eigenvalue weighted by Crippen LogP contribution is 2.17. The monoisotopic (exact) mass is 187 g/mol. The van der Waals surface area contributed by atoms with Crippen LogP contribution in [-0.2, 0) is 0 Å². The number of aromatic carboxylic acids is 1. The van der Waals surface area contributed by atoms with Crippen LogP contribution in [0.4, 0.5) is 0 Å². The molecule has 0 bridgehead atoms. The van der Waals surface area contributed by atoms with Gasteiger partial charge in [0.25, 0.3) is 0 Å². The highest BCUT2D eigenvalue weighted by Gasteiger charge is 2.05. The zero-order valence-electron chi connectivity index (χ0n) is 7.69. The van der Waals surface area contributed by atoms with E-state index < -0.39 is 5.97 Å². The molecule has 3 heteroatoms. The summed E-state index contributed by atoms with van der Waals surface area (Å²) in [5.41, 5.74) is 1.15. The molecule has 0 spiro atoms. The van der Waals surface area contributed by atoms with Gasteiger partial charge >= 0.3 is 5.97 Å². The van der Waals surface area contributed by atoms with Crippen LogP contribution in [0.15, 0.2) is 30.5 Å². The van der Waals surface area contributed by atoms with Crippen molar-refractivity contribution >= 4 is 16.7 Å². The van der Waals surface area contributed by atoms with Gasteiger partial charge in [-0.2, -0.15) is 0 Å². The molecule has 0 unspecified atom stereocenters. The van der Waals surface area contributed by atoms with Gasteiger partial charge in [-0.25, -0.2) is 9.78 Å². The van der Waals surface area contributed by atoms with E-state index in [2.05, 4.69) is 4.98 Å². The molecule has 0 fully saturated rings. The standard InChI is InChI=1S/C11H9NO2/c1-7-3-2-4-8-6-12-10(11(13)14)5-9(7)8/h2-6H,1H3,(H,13,14). The topological polar surface area (TPSA) is 50.2 Å². The average Bonchev–Trinajstić information content (AvgIpc) is 2.18. The molecule has 1 aromatic heterocycles. The molecule has 0 aliphatic heterocycles. The predicted octanol–water partition coefficient (Wildman–Crippen LogP) is 2.24. The van der Waals surface area contributed by atoms with Gasteiger partial charge in [0.1, 0.15) is 5.69 Å². The lowest BCUT2D eigenvalue weighted by atomic mass is 10.1. The first-order valence-corrected chi connectivity index (χ1v) is 4.27. The summed E-state index contributed by atoms with van der Waals surface area (Å²) in [5.74, 6) is -0.991. The van der Waals surface area contributed by atoms with E-state index in [1.807, 2.05) is 25.1 Å². The Labute approximate surface area is 81.0 Å². The van der Waals surface area contributed by atoms with E-state index in [4.69, 9.17) is 5.11 Å². The Kier molecular flexibility index (Phi) is 1.93. The maximum Gasteiger partial charge on any atom is 0.354 e. The molecule has 2 rings (SSSR count). The second-order valence-corrected chi connectivity index (χ2v) is 3.17. The van der Waals surface area contributed by atoms with Gasteiger partial charge in [0.2, 0.25) is 0 Å². The van der Waals surface area contributed by atoms with Gasteiger partial charge in [0.05, 0.1) is 0 Å². The zero-order valence-corrected chi connectivity index (χ0v) is 7.69. The van der Waals surface area contributed by atoms with Gasteiger partial charge in [-0.3, -0.25) is 0 Å². The third-order valence-corrected chi connectivity index (χ3v) is 2.20. The van der Waals surface area contributed by atoms with E-state index in [0.29, 0.717) is 0 Å². The third kappa shape index (κ3) is 1.33. The van der Waals surface area contributed by atoms with Gasteiger partial charge in [0.15, 0.2) is 0 Å². The third-order valence-electron chi connectivity index (χ3n) is 2.20. The number of aryl methyl sites for hydroxylation is 1. The molecular formula is C11H9NO2. The van der Waals surface area contributed by atoms with Gasteiger partial charge in [-0.05, 0) is 23.9 Å². The highest BCUT2D eigenvalue weighted by molar-refractivity contribution is 5.93. The maximum atomic E-state index is 10.7. The number of pyridine rings is 1. The molecule has 0 radical (unpaired) electrons. The summed E-state index contributed by atoms with van der Waals surface area (Å²) < 4.78 is 0. The molecule has 70 valence electrons. The SMILES string of the molecule is Cc1cccc2cnc(C(=O)O)cc12. The number of carbonyl (C=O) groups is 1. The molecule has 0 atom stereocenters. The molecule has 2 aromatic rings. The minimum atomic E-state index is -0.991. The second-order valence-electron chi connectivity index (χ2n) is 3.17. The minimum absolute atomic E-state index is 0.0896. The van der Waals surface area contributed by atoms with Gasteiger partial charge < -0.3 is 5.11 Å². The van der Waals surface area contributed by atoms with E-state index in [-0.39, 0.29) is 5.69 Å². The Bertz CT molecular complexity index is 506. The van der Waals surface area contributed by atoms with Crippen molar-refractivity contribution in [1.29, 1.82) is 0 Å². The maximum absolute atomic E-state index is 10.7. The van der Waals surface area contributed by atoms with E-state index in [0.717, 1.165) is 16.3 Å². The Morgan fingerprint density at radius 3 is 2.93 bits per heavy atom. The fourth-order valence-corrected chi connectivity index (χ4v) is 1.44. The van der Waals surface area contributed by atoms with Crippen LogP contribution in [0.2, 0.25) is 0 Å². The molecule has 0 saturated carbocycles. The van der Waals surface area contributed by atoms with Crippen LogP contribution in [0.1, 0.15) is 16.1 Å². The van der Waals surface area contributed by atoms with E-state index in [9.17, 15) is 4.79 Å². The van der Waals surface area contributed by atoms with Crippen LogP contribution < -0.4 is 0 Å². The Balaban J connectivity index is 2.76.